The Morgan fingerprint density at radius 1 is 1.53 bits per heavy atom. The summed E-state index contributed by atoms with van der Waals surface area (Å²) >= 11 is 5.55. The zero-order valence-electron chi connectivity index (χ0n) is 10.4. The Balaban J connectivity index is 1.78. The molecule has 0 heterocycles. The Kier molecular flexibility index (Phi) is 4.61. The summed E-state index contributed by atoms with van der Waals surface area (Å²) in [5, 5.41) is 2.87. The molecule has 2 rings (SSSR count). The van der Waals surface area contributed by atoms with Crippen LogP contribution in [-0.4, -0.2) is 24.6 Å². The normalized spacial score (nSPS) is 22.3. The highest BCUT2D eigenvalue weighted by atomic mass is 35.5. The van der Waals surface area contributed by atoms with Crippen molar-refractivity contribution in [2.45, 2.75) is 31.3 Å². The number of amides is 1. The van der Waals surface area contributed by atoms with E-state index in [9.17, 15) is 9.18 Å². The summed E-state index contributed by atoms with van der Waals surface area (Å²) in [6.07, 6.45) is 2.61. The van der Waals surface area contributed by atoms with Crippen LogP contribution in [0.3, 0.4) is 0 Å². The van der Waals surface area contributed by atoms with Crippen molar-refractivity contribution in [1.82, 2.24) is 5.32 Å². The van der Waals surface area contributed by atoms with Crippen LogP contribution in [0, 0.1) is 5.82 Å². The fourth-order valence-corrected chi connectivity index (χ4v) is 2.25. The van der Waals surface area contributed by atoms with Gasteiger partial charge in [0.1, 0.15) is 11.6 Å². The van der Waals surface area contributed by atoms with Crippen molar-refractivity contribution in [2.75, 3.05) is 6.61 Å². The molecule has 2 atom stereocenters. The number of ether oxygens (including phenoxy) is 1. The van der Waals surface area contributed by atoms with Crippen LogP contribution >= 0.6 is 11.6 Å². The zero-order chi connectivity index (χ0) is 13.8. The molecule has 1 fully saturated rings. The lowest BCUT2D eigenvalue weighted by molar-refractivity contribution is -0.123. The molecule has 1 amide bonds. The maximum Gasteiger partial charge on any atom is 0.258 e. The molecule has 19 heavy (non-hydrogen) atoms. The van der Waals surface area contributed by atoms with E-state index < -0.39 is 5.82 Å². The Hall–Kier alpha value is -1.33. The lowest BCUT2D eigenvalue weighted by atomic mass is 10.2. The number of nitrogens with two attached hydrogens (primary N) is 1. The van der Waals surface area contributed by atoms with Crippen molar-refractivity contribution >= 4 is 17.5 Å². The predicted molar refractivity (Wildman–Crippen MR) is 70.7 cm³/mol. The Morgan fingerprint density at radius 3 is 2.95 bits per heavy atom. The fourth-order valence-electron chi connectivity index (χ4n) is 2.13. The first-order valence-electron chi connectivity index (χ1n) is 6.17. The summed E-state index contributed by atoms with van der Waals surface area (Å²) in [7, 11) is 0. The Bertz CT molecular complexity index is 470. The van der Waals surface area contributed by atoms with Gasteiger partial charge in [0.05, 0.1) is 5.02 Å². The molecule has 6 heteroatoms. The number of hydrogen-bond acceptors (Lipinski definition) is 3. The van der Waals surface area contributed by atoms with Crippen LogP contribution in [0.15, 0.2) is 18.2 Å². The summed E-state index contributed by atoms with van der Waals surface area (Å²) in [6.45, 7) is -0.146. The summed E-state index contributed by atoms with van der Waals surface area (Å²) in [6, 6.07) is 4.34. The van der Waals surface area contributed by atoms with Gasteiger partial charge in [-0.05, 0) is 31.4 Å². The van der Waals surface area contributed by atoms with E-state index in [0.29, 0.717) is 0 Å². The van der Waals surface area contributed by atoms with Crippen molar-refractivity contribution in [2.24, 2.45) is 5.73 Å². The number of carbonyl (C=O) groups is 1. The molecule has 104 valence electrons. The van der Waals surface area contributed by atoms with Gasteiger partial charge in [-0.15, -0.1) is 0 Å². The van der Waals surface area contributed by atoms with Crippen molar-refractivity contribution in [3.05, 3.63) is 29.0 Å². The molecule has 0 radical (unpaired) electrons. The number of halogens is 2. The predicted octanol–water partition coefficient (Wildman–Crippen LogP) is 1.85. The van der Waals surface area contributed by atoms with E-state index in [-0.39, 0.29) is 35.4 Å². The second-order valence-corrected chi connectivity index (χ2v) is 5.11. The SMILES string of the molecule is N[C@H]1CC[C@H](NC(=O)COc2ccc(Cl)c(F)c2)C1. The average Bonchev–Trinajstić information content (AvgIpc) is 2.76. The van der Waals surface area contributed by atoms with E-state index in [1.807, 2.05) is 0 Å². The minimum absolute atomic E-state index is 0.0248. The molecule has 0 aromatic heterocycles. The first-order chi connectivity index (χ1) is 9.04. The molecule has 1 aromatic rings. The minimum Gasteiger partial charge on any atom is -0.484 e. The van der Waals surface area contributed by atoms with E-state index in [0.717, 1.165) is 25.3 Å². The second-order valence-electron chi connectivity index (χ2n) is 4.70. The van der Waals surface area contributed by atoms with Gasteiger partial charge >= 0.3 is 0 Å². The second kappa shape index (κ2) is 6.21. The third-order valence-corrected chi connectivity index (χ3v) is 3.41. The van der Waals surface area contributed by atoms with Crippen LogP contribution in [0.5, 0.6) is 5.75 Å². The van der Waals surface area contributed by atoms with E-state index >= 15 is 0 Å². The van der Waals surface area contributed by atoms with Gasteiger partial charge in [-0.2, -0.15) is 0 Å². The van der Waals surface area contributed by atoms with E-state index in [2.05, 4.69) is 5.32 Å². The van der Waals surface area contributed by atoms with Gasteiger partial charge in [0.2, 0.25) is 0 Å². The number of benzene rings is 1. The zero-order valence-corrected chi connectivity index (χ0v) is 11.1. The van der Waals surface area contributed by atoms with Crippen LogP contribution in [0.1, 0.15) is 19.3 Å². The number of rotatable bonds is 4. The van der Waals surface area contributed by atoms with Crippen LogP contribution < -0.4 is 15.8 Å². The molecule has 1 aliphatic rings. The molecule has 4 nitrogen and oxygen atoms in total. The van der Waals surface area contributed by atoms with E-state index in [1.54, 1.807) is 0 Å². The monoisotopic (exact) mass is 286 g/mol. The smallest absolute Gasteiger partial charge is 0.258 e. The maximum absolute atomic E-state index is 13.1. The summed E-state index contributed by atoms with van der Waals surface area (Å²) in [5.41, 5.74) is 5.76. The molecule has 1 aromatic carbocycles. The van der Waals surface area contributed by atoms with Crippen molar-refractivity contribution in [3.63, 3.8) is 0 Å². The molecule has 1 aliphatic carbocycles. The molecular formula is C13H16ClFN2O2. The highest BCUT2D eigenvalue weighted by Crippen LogP contribution is 2.20. The van der Waals surface area contributed by atoms with Gasteiger partial charge in [0.15, 0.2) is 6.61 Å². The van der Waals surface area contributed by atoms with Gasteiger partial charge in [0, 0.05) is 18.2 Å². The highest BCUT2D eigenvalue weighted by Gasteiger charge is 2.23. The molecule has 1 saturated carbocycles. The lowest BCUT2D eigenvalue weighted by Gasteiger charge is -2.13. The third-order valence-electron chi connectivity index (χ3n) is 3.10. The fraction of sp³-hybridized carbons (Fsp3) is 0.462. The van der Waals surface area contributed by atoms with Gasteiger partial charge < -0.3 is 15.8 Å². The van der Waals surface area contributed by atoms with Crippen molar-refractivity contribution < 1.29 is 13.9 Å². The average molecular weight is 287 g/mol. The quantitative estimate of drug-likeness (QED) is 0.888. The molecule has 0 aliphatic heterocycles. The minimum atomic E-state index is -0.568. The Labute approximate surface area is 116 Å². The first kappa shape index (κ1) is 14.1. The summed E-state index contributed by atoms with van der Waals surface area (Å²) in [4.78, 5) is 11.6. The van der Waals surface area contributed by atoms with Crippen LogP contribution in [0.4, 0.5) is 4.39 Å². The topological polar surface area (TPSA) is 64.3 Å². The lowest BCUT2D eigenvalue weighted by Crippen LogP contribution is -2.37. The van der Waals surface area contributed by atoms with Gasteiger partial charge in [-0.25, -0.2) is 4.39 Å². The van der Waals surface area contributed by atoms with Crippen LogP contribution in [0.2, 0.25) is 5.02 Å². The van der Waals surface area contributed by atoms with Gasteiger partial charge in [-0.3, -0.25) is 4.79 Å². The Morgan fingerprint density at radius 2 is 2.32 bits per heavy atom. The largest absolute Gasteiger partial charge is 0.484 e. The van der Waals surface area contributed by atoms with Crippen molar-refractivity contribution in [3.8, 4) is 5.75 Å². The summed E-state index contributed by atoms with van der Waals surface area (Å²) < 4.78 is 18.3. The van der Waals surface area contributed by atoms with E-state index in [4.69, 9.17) is 22.1 Å². The van der Waals surface area contributed by atoms with Crippen LogP contribution in [-0.2, 0) is 4.79 Å². The summed E-state index contributed by atoms with van der Waals surface area (Å²) in [5.74, 6) is -0.518. The first-order valence-corrected chi connectivity index (χ1v) is 6.55. The molecule has 0 saturated heterocycles. The number of carbonyl (C=O) groups excluding carboxylic acids is 1. The molecule has 0 spiro atoms. The molecule has 0 bridgehead atoms. The van der Waals surface area contributed by atoms with Gasteiger partial charge in [-0.1, -0.05) is 11.6 Å². The molecular weight excluding hydrogens is 271 g/mol. The molecule has 3 N–H and O–H groups in total. The number of hydrogen-bond donors (Lipinski definition) is 2. The van der Waals surface area contributed by atoms with Gasteiger partial charge in [0.25, 0.3) is 5.91 Å². The molecule has 0 unspecified atom stereocenters. The third kappa shape index (κ3) is 4.08. The standard InChI is InChI=1S/C13H16ClFN2O2/c14-11-4-3-10(6-12(11)15)19-7-13(18)17-9-2-1-8(16)5-9/h3-4,6,8-9H,1-2,5,7,16H2,(H,17,18)/t8-,9-/m0/s1. The van der Waals surface area contributed by atoms with E-state index in [1.165, 1.54) is 12.1 Å². The number of nitrogens with one attached hydrogen (secondary N) is 1. The van der Waals surface area contributed by atoms with Crippen molar-refractivity contribution in [1.29, 1.82) is 0 Å². The van der Waals surface area contributed by atoms with Crippen LogP contribution in [0.25, 0.3) is 0 Å². The maximum atomic E-state index is 13.1. The highest BCUT2D eigenvalue weighted by molar-refractivity contribution is 6.30.